The monoisotopic (exact) mass is 234 g/mol. The van der Waals surface area contributed by atoms with E-state index in [0.29, 0.717) is 12.8 Å². The molecule has 0 saturated carbocycles. The van der Waals surface area contributed by atoms with E-state index in [1.165, 1.54) is 14.2 Å². The number of ether oxygens (including phenoxy) is 4. The summed E-state index contributed by atoms with van der Waals surface area (Å²) in [5.41, 5.74) is 0. The molecular weight excluding hydrogens is 216 g/mol. The highest BCUT2D eigenvalue weighted by molar-refractivity contribution is 4.88. The Morgan fingerprint density at radius 1 is 0.875 bits per heavy atom. The van der Waals surface area contributed by atoms with Crippen LogP contribution in [0.2, 0.25) is 0 Å². The van der Waals surface area contributed by atoms with E-state index in [2.05, 4.69) is 0 Å². The van der Waals surface area contributed by atoms with E-state index in [9.17, 15) is 10.2 Å². The summed E-state index contributed by atoms with van der Waals surface area (Å²) in [5, 5.41) is 19.4. The van der Waals surface area contributed by atoms with E-state index in [4.69, 9.17) is 18.9 Å². The van der Waals surface area contributed by atoms with Crippen LogP contribution in [0.5, 0.6) is 0 Å². The Bertz CT molecular complexity index is 211. The van der Waals surface area contributed by atoms with Crippen LogP contribution in [0.3, 0.4) is 0 Å². The van der Waals surface area contributed by atoms with Crippen LogP contribution >= 0.6 is 0 Å². The van der Waals surface area contributed by atoms with Crippen molar-refractivity contribution in [2.45, 2.75) is 49.8 Å². The molecule has 94 valence electrons. The van der Waals surface area contributed by atoms with Crippen LogP contribution in [0.4, 0.5) is 0 Å². The summed E-state index contributed by atoms with van der Waals surface area (Å²) in [6.45, 7) is 0. The van der Waals surface area contributed by atoms with Gasteiger partial charge in [0.15, 0.2) is 12.6 Å². The standard InChI is InChI=1S/C10H18O6/c1-13-9-5(11)3-8-7(15-9)4-6(12)10(14-2)16-8/h5-12H,3-4H2,1-2H3/t5-,6-,7-,8-,9?,10?/m1/s1. The first kappa shape index (κ1) is 12.2. The van der Waals surface area contributed by atoms with Gasteiger partial charge in [0.05, 0.1) is 12.2 Å². The summed E-state index contributed by atoms with van der Waals surface area (Å²) in [5.74, 6) is 0. The third kappa shape index (κ3) is 2.22. The summed E-state index contributed by atoms with van der Waals surface area (Å²) in [4.78, 5) is 0. The number of rotatable bonds is 2. The Kier molecular flexibility index (Phi) is 3.78. The van der Waals surface area contributed by atoms with Gasteiger partial charge in [-0.05, 0) is 0 Å². The average Bonchev–Trinajstić information content (AvgIpc) is 2.28. The van der Waals surface area contributed by atoms with Crippen molar-refractivity contribution < 1.29 is 29.2 Å². The van der Waals surface area contributed by atoms with Crippen molar-refractivity contribution >= 4 is 0 Å². The molecule has 2 fully saturated rings. The minimum Gasteiger partial charge on any atom is -0.388 e. The van der Waals surface area contributed by atoms with Crippen LogP contribution in [-0.2, 0) is 18.9 Å². The molecule has 0 radical (unpaired) electrons. The molecule has 2 unspecified atom stereocenters. The molecule has 2 heterocycles. The van der Waals surface area contributed by atoms with Gasteiger partial charge in [-0.25, -0.2) is 0 Å². The van der Waals surface area contributed by atoms with Crippen LogP contribution in [0, 0.1) is 0 Å². The van der Waals surface area contributed by atoms with Crippen LogP contribution in [0.1, 0.15) is 12.8 Å². The molecule has 0 aromatic carbocycles. The van der Waals surface area contributed by atoms with Crippen LogP contribution in [-0.4, -0.2) is 61.4 Å². The minimum absolute atomic E-state index is 0.255. The molecule has 6 atom stereocenters. The molecule has 0 spiro atoms. The van der Waals surface area contributed by atoms with E-state index in [1.807, 2.05) is 0 Å². The third-order valence-corrected chi connectivity index (χ3v) is 3.07. The third-order valence-electron chi connectivity index (χ3n) is 3.07. The molecule has 0 aromatic heterocycles. The van der Waals surface area contributed by atoms with Crippen LogP contribution < -0.4 is 0 Å². The summed E-state index contributed by atoms with van der Waals surface area (Å²) < 4.78 is 21.0. The van der Waals surface area contributed by atoms with E-state index in [1.54, 1.807) is 0 Å². The maximum Gasteiger partial charge on any atom is 0.183 e. The fourth-order valence-electron chi connectivity index (χ4n) is 2.24. The highest BCUT2D eigenvalue weighted by Crippen LogP contribution is 2.32. The number of fused-ring (bicyclic) bond motifs is 1. The first-order valence-corrected chi connectivity index (χ1v) is 5.38. The number of methoxy groups -OCH3 is 2. The van der Waals surface area contributed by atoms with Gasteiger partial charge in [0, 0.05) is 27.1 Å². The lowest BCUT2D eigenvalue weighted by Gasteiger charge is -2.44. The zero-order chi connectivity index (χ0) is 11.7. The fraction of sp³-hybridized carbons (Fsp3) is 1.00. The fourth-order valence-corrected chi connectivity index (χ4v) is 2.24. The Morgan fingerprint density at radius 3 is 1.56 bits per heavy atom. The smallest absolute Gasteiger partial charge is 0.183 e. The zero-order valence-electron chi connectivity index (χ0n) is 9.41. The largest absolute Gasteiger partial charge is 0.388 e. The molecule has 2 saturated heterocycles. The Morgan fingerprint density at radius 2 is 1.25 bits per heavy atom. The van der Waals surface area contributed by atoms with Gasteiger partial charge in [-0.3, -0.25) is 0 Å². The van der Waals surface area contributed by atoms with Crippen LogP contribution in [0.25, 0.3) is 0 Å². The second kappa shape index (κ2) is 4.95. The second-order valence-electron chi connectivity index (χ2n) is 4.16. The van der Waals surface area contributed by atoms with Crippen molar-refractivity contribution in [3.63, 3.8) is 0 Å². The number of hydrogen-bond donors (Lipinski definition) is 2. The van der Waals surface area contributed by atoms with Gasteiger partial charge in [0.25, 0.3) is 0 Å². The summed E-state index contributed by atoms with van der Waals surface area (Å²) in [7, 11) is 2.96. The van der Waals surface area contributed by atoms with Gasteiger partial charge >= 0.3 is 0 Å². The molecule has 6 nitrogen and oxygen atoms in total. The molecule has 2 rings (SSSR count). The Labute approximate surface area is 94.1 Å². The SMILES string of the molecule is COC1O[C@@H]2C[C@@H](O)C(OC)O[C@@H]2C[C@H]1O. The lowest BCUT2D eigenvalue weighted by atomic mass is 9.95. The van der Waals surface area contributed by atoms with E-state index in [0.717, 1.165) is 0 Å². The number of aliphatic hydroxyl groups is 2. The van der Waals surface area contributed by atoms with Crippen molar-refractivity contribution in [1.29, 1.82) is 0 Å². The van der Waals surface area contributed by atoms with Crippen molar-refractivity contribution in [3.8, 4) is 0 Å². The van der Waals surface area contributed by atoms with Crippen molar-refractivity contribution in [2.75, 3.05) is 14.2 Å². The molecule has 0 bridgehead atoms. The molecule has 16 heavy (non-hydrogen) atoms. The molecule has 0 aromatic rings. The van der Waals surface area contributed by atoms with E-state index < -0.39 is 24.8 Å². The average molecular weight is 234 g/mol. The Hall–Kier alpha value is -0.240. The maximum absolute atomic E-state index is 9.70. The summed E-state index contributed by atoms with van der Waals surface area (Å²) in [6.07, 6.45) is -2.36. The normalized spacial score (nSPS) is 48.8. The van der Waals surface area contributed by atoms with Gasteiger partial charge in [-0.15, -0.1) is 0 Å². The number of aliphatic hydroxyl groups excluding tert-OH is 2. The molecule has 6 heteroatoms. The van der Waals surface area contributed by atoms with Gasteiger partial charge < -0.3 is 29.2 Å². The molecule has 2 aliphatic heterocycles. The molecule has 2 aliphatic rings. The highest BCUT2D eigenvalue weighted by atomic mass is 16.7. The minimum atomic E-state index is -0.709. The van der Waals surface area contributed by atoms with Crippen LogP contribution in [0.15, 0.2) is 0 Å². The van der Waals surface area contributed by atoms with Crippen molar-refractivity contribution in [3.05, 3.63) is 0 Å². The molecule has 0 aliphatic carbocycles. The lowest BCUT2D eigenvalue weighted by molar-refractivity contribution is -0.324. The van der Waals surface area contributed by atoms with Gasteiger partial charge in [-0.1, -0.05) is 0 Å². The quantitative estimate of drug-likeness (QED) is 0.653. The van der Waals surface area contributed by atoms with Gasteiger partial charge in [-0.2, -0.15) is 0 Å². The highest BCUT2D eigenvalue weighted by Gasteiger charge is 2.45. The summed E-state index contributed by atoms with van der Waals surface area (Å²) >= 11 is 0. The second-order valence-corrected chi connectivity index (χ2v) is 4.16. The zero-order valence-corrected chi connectivity index (χ0v) is 9.41. The predicted molar refractivity (Wildman–Crippen MR) is 52.6 cm³/mol. The predicted octanol–water partition coefficient (Wildman–Crippen LogP) is -0.769. The topological polar surface area (TPSA) is 77.4 Å². The van der Waals surface area contributed by atoms with Gasteiger partial charge in [0.1, 0.15) is 12.2 Å². The van der Waals surface area contributed by atoms with E-state index in [-0.39, 0.29) is 12.2 Å². The molecule has 2 N–H and O–H groups in total. The maximum atomic E-state index is 9.70. The van der Waals surface area contributed by atoms with Gasteiger partial charge in [0.2, 0.25) is 0 Å². The lowest BCUT2D eigenvalue weighted by Crippen LogP contribution is -2.56. The summed E-state index contributed by atoms with van der Waals surface area (Å²) in [6, 6.07) is 0. The first-order chi connectivity index (χ1) is 7.65. The van der Waals surface area contributed by atoms with Crippen molar-refractivity contribution in [2.24, 2.45) is 0 Å². The Balaban J connectivity index is 2.00. The number of hydrogen-bond acceptors (Lipinski definition) is 6. The molecular formula is C10H18O6. The van der Waals surface area contributed by atoms with E-state index >= 15 is 0 Å². The van der Waals surface area contributed by atoms with Crippen molar-refractivity contribution in [1.82, 2.24) is 0 Å². The first-order valence-electron chi connectivity index (χ1n) is 5.38. The molecule has 0 amide bonds.